The molecule has 0 aromatic rings. The number of carbonyl (C=O) groups excluding carboxylic acids is 3. The number of aliphatic imine (C=N–C) groups is 1. The van der Waals surface area contributed by atoms with Crippen molar-refractivity contribution in [1.29, 1.82) is 0 Å². The first-order valence-electron chi connectivity index (χ1n) is 11.8. The van der Waals surface area contributed by atoms with Gasteiger partial charge >= 0.3 is 5.97 Å². The summed E-state index contributed by atoms with van der Waals surface area (Å²) in [5.41, 5.74) is 16.4. The average molecular weight is 502 g/mol. The predicted molar refractivity (Wildman–Crippen MR) is 132 cm³/mol. The first-order valence-corrected chi connectivity index (χ1v) is 11.8. The van der Waals surface area contributed by atoms with Crippen LogP contribution in [0.3, 0.4) is 0 Å². The van der Waals surface area contributed by atoms with Gasteiger partial charge in [0, 0.05) is 6.54 Å². The van der Waals surface area contributed by atoms with Crippen LogP contribution in [0.4, 0.5) is 0 Å². The van der Waals surface area contributed by atoms with Crippen LogP contribution in [0.1, 0.15) is 60.3 Å². The molecule has 0 bridgehead atoms. The number of nitrogens with zero attached hydrogens (tertiary/aromatic N) is 1. The first kappa shape index (κ1) is 32.1. The summed E-state index contributed by atoms with van der Waals surface area (Å²) >= 11 is 0. The van der Waals surface area contributed by atoms with Gasteiger partial charge in [0.1, 0.15) is 18.1 Å². The molecule has 0 aliphatic rings. The van der Waals surface area contributed by atoms with E-state index in [2.05, 4.69) is 20.9 Å². The molecule has 3 amide bonds. The van der Waals surface area contributed by atoms with Crippen LogP contribution in [0.5, 0.6) is 0 Å². The van der Waals surface area contributed by atoms with Gasteiger partial charge in [-0.2, -0.15) is 0 Å². The van der Waals surface area contributed by atoms with Crippen LogP contribution in [0.2, 0.25) is 0 Å². The molecule has 0 aromatic carbocycles. The van der Waals surface area contributed by atoms with E-state index in [-0.39, 0.29) is 43.6 Å². The Labute approximate surface area is 206 Å². The van der Waals surface area contributed by atoms with Gasteiger partial charge in [-0.1, -0.05) is 27.7 Å². The van der Waals surface area contributed by atoms with Gasteiger partial charge in [-0.15, -0.1) is 0 Å². The molecule has 13 nitrogen and oxygen atoms in total. The number of amides is 3. The zero-order chi connectivity index (χ0) is 27.3. The number of carboxylic acids is 1. The molecule has 202 valence electrons. The van der Waals surface area contributed by atoms with Crippen molar-refractivity contribution < 1.29 is 29.4 Å². The SMILES string of the molecule is CC(C)CC(N)C(=O)NC(CC(C)C)C(=O)NC(C(=O)NC(CCCN=C(N)N)C(=O)O)C(C)O. The minimum atomic E-state index is -1.45. The maximum atomic E-state index is 13.0. The summed E-state index contributed by atoms with van der Waals surface area (Å²) in [6.07, 6.45) is -0.338. The molecular weight excluding hydrogens is 458 g/mol. The van der Waals surface area contributed by atoms with Crippen molar-refractivity contribution in [3.05, 3.63) is 0 Å². The Kier molecular flexibility index (Phi) is 14.5. The lowest BCUT2D eigenvalue weighted by Gasteiger charge is -2.27. The summed E-state index contributed by atoms with van der Waals surface area (Å²) in [5.74, 6) is -3.29. The maximum absolute atomic E-state index is 13.0. The molecule has 5 unspecified atom stereocenters. The number of hydrogen-bond acceptors (Lipinski definition) is 7. The number of guanidine groups is 1. The molecule has 0 radical (unpaired) electrons. The fourth-order valence-electron chi connectivity index (χ4n) is 3.28. The van der Waals surface area contributed by atoms with Crippen molar-refractivity contribution in [3.63, 3.8) is 0 Å². The zero-order valence-electron chi connectivity index (χ0n) is 21.3. The molecule has 0 heterocycles. The summed E-state index contributed by atoms with van der Waals surface area (Å²) in [6.45, 7) is 9.02. The van der Waals surface area contributed by atoms with Crippen molar-refractivity contribution in [2.45, 2.75) is 90.6 Å². The van der Waals surface area contributed by atoms with Crippen LogP contribution >= 0.6 is 0 Å². The number of aliphatic hydroxyl groups excluding tert-OH is 1. The number of nitrogens with two attached hydrogens (primary N) is 3. The van der Waals surface area contributed by atoms with E-state index in [4.69, 9.17) is 17.2 Å². The summed E-state index contributed by atoms with van der Waals surface area (Å²) in [5, 5.41) is 26.9. The van der Waals surface area contributed by atoms with Crippen LogP contribution in [0, 0.1) is 11.8 Å². The second-order valence-corrected chi connectivity index (χ2v) is 9.50. The maximum Gasteiger partial charge on any atom is 0.326 e. The molecule has 0 aliphatic carbocycles. The molecule has 5 atom stereocenters. The molecule has 35 heavy (non-hydrogen) atoms. The normalized spacial score (nSPS) is 15.5. The molecular formula is C22H43N7O6. The minimum Gasteiger partial charge on any atom is -0.480 e. The largest absolute Gasteiger partial charge is 0.480 e. The van der Waals surface area contributed by atoms with Crippen LogP contribution in [-0.4, -0.2) is 76.7 Å². The van der Waals surface area contributed by atoms with Crippen molar-refractivity contribution in [3.8, 4) is 0 Å². The molecule has 13 heteroatoms. The number of aliphatic hydroxyl groups is 1. The Morgan fingerprint density at radius 3 is 1.83 bits per heavy atom. The van der Waals surface area contributed by atoms with Gasteiger partial charge in [-0.05, 0) is 44.4 Å². The van der Waals surface area contributed by atoms with E-state index in [1.54, 1.807) is 0 Å². The Balaban J connectivity index is 5.37. The molecule has 0 aliphatic heterocycles. The molecule has 11 N–H and O–H groups in total. The van der Waals surface area contributed by atoms with Crippen LogP contribution in [0.25, 0.3) is 0 Å². The van der Waals surface area contributed by atoms with Gasteiger partial charge in [-0.25, -0.2) is 4.79 Å². The lowest BCUT2D eigenvalue weighted by Crippen LogP contribution is -2.60. The number of nitrogens with one attached hydrogen (secondary N) is 3. The van der Waals surface area contributed by atoms with Crippen molar-refractivity contribution in [2.75, 3.05) is 6.54 Å². The van der Waals surface area contributed by atoms with Crippen molar-refractivity contribution in [2.24, 2.45) is 34.0 Å². The van der Waals surface area contributed by atoms with E-state index in [1.807, 2.05) is 27.7 Å². The van der Waals surface area contributed by atoms with E-state index in [9.17, 15) is 29.4 Å². The topological polar surface area (TPSA) is 235 Å². The Morgan fingerprint density at radius 1 is 0.829 bits per heavy atom. The van der Waals surface area contributed by atoms with E-state index in [0.717, 1.165) is 0 Å². The van der Waals surface area contributed by atoms with Gasteiger partial charge in [0.25, 0.3) is 0 Å². The first-order chi connectivity index (χ1) is 16.1. The van der Waals surface area contributed by atoms with Gasteiger partial charge in [0.05, 0.1) is 12.1 Å². The Hall–Kier alpha value is -2.93. The molecule has 0 saturated carbocycles. The third-order valence-electron chi connectivity index (χ3n) is 5.02. The second-order valence-electron chi connectivity index (χ2n) is 9.50. The van der Waals surface area contributed by atoms with E-state index in [1.165, 1.54) is 6.92 Å². The third kappa shape index (κ3) is 13.5. The standard InChI is InChI=1S/C22H43N7O6/c1-11(2)9-14(23)18(31)28-16(10-12(3)4)19(32)29-17(13(5)30)20(33)27-15(21(34)35)7-6-8-26-22(24)25/h11-17,30H,6-10,23H2,1-5H3,(H,27,33)(H,28,31)(H,29,32)(H,34,35)(H4,24,25,26). The smallest absolute Gasteiger partial charge is 0.326 e. The molecule has 0 saturated heterocycles. The van der Waals surface area contributed by atoms with E-state index < -0.39 is 54.0 Å². The van der Waals surface area contributed by atoms with Gasteiger partial charge in [-0.3, -0.25) is 19.4 Å². The lowest BCUT2D eigenvalue weighted by atomic mass is 10.00. The number of hydrogen-bond donors (Lipinski definition) is 8. The van der Waals surface area contributed by atoms with E-state index >= 15 is 0 Å². The number of aliphatic carboxylic acids is 1. The minimum absolute atomic E-state index is 0.0211. The monoisotopic (exact) mass is 501 g/mol. The third-order valence-corrected chi connectivity index (χ3v) is 5.02. The van der Waals surface area contributed by atoms with Gasteiger partial charge < -0.3 is 43.4 Å². The number of rotatable bonds is 16. The van der Waals surface area contributed by atoms with Crippen LogP contribution < -0.4 is 33.2 Å². The fourth-order valence-corrected chi connectivity index (χ4v) is 3.28. The van der Waals surface area contributed by atoms with Crippen LogP contribution in [0.15, 0.2) is 4.99 Å². The predicted octanol–water partition coefficient (Wildman–Crippen LogP) is -1.62. The molecule has 0 rings (SSSR count). The Bertz CT molecular complexity index is 738. The number of carbonyl (C=O) groups is 4. The molecule has 0 aromatic heterocycles. The number of carboxylic acid groups (broad SMARTS) is 1. The lowest BCUT2D eigenvalue weighted by molar-refractivity contribution is -0.143. The molecule has 0 fully saturated rings. The highest BCUT2D eigenvalue weighted by Gasteiger charge is 2.33. The fraction of sp³-hybridized carbons (Fsp3) is 0.773. The summed E-state index contributed by atoms with van der Waals surface area (Å²) in [7, 11) is 0. The summed E-state index contributed by atoms with van der Waals surface area (Å²) < 4.78 is 0. The highest BCUT2D eigenvalue weighted by molar-refractivity contribution is 5.94. The summed E-state index contributed by atoms with van der Waals surface area (Å²) in [4.78, 5) is 53.5. The Morgan fingerprint density at radius 2 is 1.37 bits per heavy atom. The molecule has 0 spiro atoms. The van der Waals surface area contributed by atoms with Crippen molar-refractivity contribution in [1.82, 2.24) is 16.0 Å². The average Bonchev–Trinajstić information content (AvgIpc) is 2.71. The second kappa shape index (κ2) is 15.9. The van der Waals surface area contributed by atoms with Gasteiger partial charge in [0.2, 0.25) is 17.7 Å². The highest BCUT2D eigenvalue weighted by atomic mass is 16.4. The quantitative estimate of drug-likeness (QED) is 0.0688. The van der Waals surface area contributed by atoms with Gasteiger partial charge in [0.15, 0.2) is 5.96 Å². The zero-order valence-corrected chi connectivity index (χ0v) is 21.3. The van der Waals surface area contributed by atoms with Crippen molar-refractivity contribution >= 4 is 29.7 Å². The highest BCUT2D eigenvalue weighted by Crippen LogP contribution is 2.09. The van der Waals surface area contributed by atoms with Crippen LogP contribution in [-0.2, 0) is 19.2 Å². The summed E-state index contributed by atoms with van der Waals surface area (Å²) in [6, 6.07) is -4.53. The van der Waals surface area contributed by atoms with E-state index in [0.29, 0.717) is 6.42 Å².